The fraction of sp³-hybridized carbons (Fsp3) is 0.625. The van der Waals surface area contributed by atoms with Gasteiger partial charge in [-0.2, -0.15) is 13.2 Å². The number of halogens is 3. The summed E-state index contributed by atoms with van der Waals surface area (Å²) in [6.07, 6.45) is -0.351. The highest BCUT2D eigenvalue weighted by atomic mass is 19.4. The smallest absolute Gasteiger partial charge is 0.392 e. The summed E-state index contributed by atoms with van der Waals surface area (Å²) in [6, 6.07) is 5.07. The van der Waals surface area contributed by atoms with Gasteiger partial charge in [-0.1, -0.05) is 45.2 Å². The van der Waals surface area contributed by atoms with E-state index in [2.05, 4.69) is 6.92 Å². The minimum atomic E-state index is -4.30. The summed E-state index contributed by atoms with van der Waals surface area (Å²) in [5, 5.41) is 10.2. The minimum Gasteiger partial charge on any atom is -0.392 e. The van der Waals surface area contributed by atoms with Gasteiger partial charge in [-0.05, 0) is 36.5 Å². The van der Waals surface area contributed by atoms with Crippen molar-refractivity contribution >= 4 is 0 Å². The monoisotopic (exact) mass is 288 g/mol. The van der Waals surface area contributed by atoms with E-state index in [0.29, 0.717) is 6.42 Å². The van der Waals surface area contributed by atoms with E-state index in [1.54, 1.807) is 0 Å². The number of rotatable bonds is 7. The van der Waals surface area contributed by atoms with Gasteiger partial charge in [0.05, 0.1) is 11.7 Å². The van der Waals surface area contributed by atoms with Crippen molar-refractivity contribution in [1.29, 1.82) is 0 Å². The third-order valence-corrected chi connectivity index (χ3v) is 3.72. The first kappa shape index (κ1) is 17.0. The standard InChI is InChI=1S/C16H23F3O/c1-3-5-6-13(4-2)15(20)11-12-7-9-14(10-8-12)16(17,18)19/h7-10,13,15,20H,3-6,11H2,1-2H3. The number of hydrogen-bond donors (Lipinski definition) is 1. The molecular weight excluding hydrogens is 265 g/mol. The first-order valence-electron chi connectivity index (χ1n) is 7.22. The average Bonchev–Trinajstić information content (AvgIpc) is 2.39. The number of aliphatic hydroxyl groups is 1. The summed E-state index contributed by atoms with van der Waals surface area (Å²) in [5.41, 5.74) is 0.106. The molecule has 0 bridgehead atoms. The van der Waals surface area contributed by atoms with Gasteiger partial charge >= 0.3 is 6.18 Å². The van der Waals surface area contributed by atoms with E-state index in [-0.39, 0.29) is 5.92 Å². The molecule has 0 amide bonds. The molecule has 0 fully saturated rings. The van der Waals surface area contributed by atoms with Gasteiger partial charge in [0.2, 0.25) is 0 Å². The summed E-state index contributed by atoms with van der Waals surface area (Å²) < 4.78 is 37.4. The average molecular weight is 288 g/mol. The molecule has 2 unspecified atom stereocenters. The van der Waals surface area contributed by atoms with E-state index in [1.165, 1.54) is 12.1 Å². The molecule has 0 aromatic heterocycles. The third-order valence-electron chi connectivity index (χ3n) is 3.72. The van der Waals surface area contributed by atoms with E-state index in [0.717, 1.165) is 43.4 Å². The maximum Gasteiger partial charge on any atom is 0.416 e. The molecule has 114 valence electrons. The number of benzene rings is 1. The molecule has 1 aromatic carbocycles. The molecule has 4 heteroatoms. The lowest BCUT2D eigenvalue weighted by atomic mass is 9.89. The Kier molecular flexibility index (Phi) is 6.53. The number of hydrogen-bond acceptors (Lipinski definition) is 1. The van der Waals surface area contributed by atoms with E-state index in [1.807, 2.05) is 6.92 Å². The van der Waals surface area contributed by atoms with Gasteiger partial charge in [0.1, 0.15) is 0 Å². The van der Waals surface area contributed by atoms with Crippen molar-refractivity contribution in [3.63, 3.8) is 0 Å². The van der Waals surface area contributed by atoms with Crippen LogP contribution >= 0.6 is 0 Å². The van der Waals surface area contributed by atoms with Crippen molar-refractivity contribution in [1.82, 2.24) is 0 Å². The molecule has 0 heterocycles. The molecule has 1 aromatic rings. The highest BCUT2D eigenvalue weighted by molar-refractivity contribution is 5.25. The van der Waals surface area contributed by atoms with E-state index in [9.17, 15) is 18.3 Å². The Morgan fingerprint density at radius 1 is 1.10 bits per heavy atom. The molecule has 0 aliphatic heterocycles. The molecule has 0 aliphatic rings. The van der Waals surface area contributed by atoms with Gasteiger partial charge in [0.15, 0.2) is 0 Å². The van der Waals surface area contributed by atoms with Gasteiger partial charge in [-0.3, -0.25) is 0 Å². The Morgan fingerprint density at radius 2 is 1.70 bits per heavy atom. The zero-order chi connectivity index (χ0) is 15.2. The van der Waals surface area contributed by atoms with Gasteiger partial charge in [0, 0.05) is 0 Å². The zero-order valence-corrected chi connectivity index (χ0v) is 12.1. The normalized spacial score (nSPS) is 15.1. The first-order valence-corrected chi connectivity index (χ1v) is 7.22. The fourth-order valence-electron chi connectivity index (χ4n) is 2.37. The second-order valence-corrected chi connectivity index (χ2v) is 5.28. The fourth-order valence-corrected chi connectivity index (χ4v) is 2.37. The van der Waals surface area contributed by atoms with Crippen LogP contribution in [0.2, 0.25) is 0 Å². The predicted octanol–water partition coefficient (Wildman–Crippen LogP) is 4.83. The summed E-state index contributed by atoms with van der Waals surface area (Å²) in [4.78, 5) is 0. The molecule has 0 spiro atoms. The van der Waals surface area contributed by atoms with Crippen molar-refractivity contribution in [2.75, 3.05) is 0 Å². The first-order chi connectivity index (χ1) is 9.38. The molecule has 0 radical (unpaired) electrons. The topological polar surface area (TPSA) is 20.2 Å². The Hall–Kier alpha value is -1.03. The van der Waals surface area contributed by atoms with Crippen molar-refractivity contribution in [3.05, 3.63) is 35.4 Å². The lowest BCUT2D eigenvalue weighted by Gasteiger charge is -2.21. The lowest BCUT2D eigenvalue weighted by molar-refractivity contribution is -0.137. The summed E-state index contributed by atoms with van der Waals surface area (Å²) >= 11 is 0. The Morgan fingerprint density at radius 3 is 2.15 bits per heavy atom. The van der Waals surface area contributed by atoms with Crippen LogP contribution in [0.25, 0.3) is 0 Å². The Labute approximate surface area is 118 Å². The van der Waals surface area contributed by atoms with E-state index < -0.39 is 17.8 Å². The van der Waals surface area contributed by atoms with Crippen LogP contribution in [0.5, 0.6) is 0 Å². The van der Waals surface area contributed by atoms with Crippen molar-refractivity contribution < 1.29 is 18.3 Å². The van der Waals surface area contributed by atoms with Crippen LogP contribution in [0.15, 0.2) is 24.3 Å². The SMILES string of the molecule is CCCCC(CC)C(O)Cc1ccc(C(F)(F)F)cc1. The van der Waals surface area contributed by atoms with Crippen LogP contribution in [-0.2, 0) is 12.6 Å². The Balaban J connectivity index is 2.63. The molecular formula is C16H23F3O. The zero-order valence-electron chi connectivity index (χ0n) is 12.1. The summed E-state index contributed by atoms with van der Waals surface area (Å²) in [7, 11) is 0. The Bertz CT molecular complexity index is 384. The van der Waals surface area contributed by atoms with Crippen LogP contribution < -0.4 is 0 Å². The van der Waals surface area contributed by atoms with Crippen molar-refractivity contribution in [3.8, 4) is 0 Å². The molecule has 0 saturated carbocycles. The van der Waals surface area contributed by atoms with Crippen LogP contribution in [-0.4, -0.2) is 11.2 Å². The lowest BCUT2D eigenvalue weighted by Crippen LogP contribution is -2.22. The van der Waals surface area contributed by atoms with Gasteiger partial charge < -0.3 is 5.11 Å². The number of unbranched alkanes of at least 4 members (excludes halogenated alkanes) is 1. The van der Waals surface area contributed by atoms with Gasteiger partial charge in [-0.15, -0.1) is 0 Å². The largest absolute Gasteiger partial charge is 0.416 e. The second kappa shape index (κ2) is 7.67. The van der Waals surface area contributed by atoms with Crippen LogP contribution in [0, 0.1) is 5.92 Å². The van der Waals surface area contributed by atoms with Crippen LogP contribution in [0.1, 0.15) is 50.7 Å². The third kappa shape index (κ3) is 5.16. The summed E-state index contributed by atoms with van der Waals surface area (Å²) in [5.74, 6) is 0.220. The van der Waals surface area contributed by atoms with E-state index >= 15 is 0 Å². The molecule has 20 heavy (non-hydrogen) atoms. The van der Waals surface area contributed by atoms with Crippen LogP contribution in [0.4, 0.5) is 13.2 Å². The quantitative estimate of drug-likeness (QED) is 0.762. The van der Waals surface area contributed by atoms with Gasteiger partial charge in [0.25, 0.3) is 0 Å². The van der Waals surface area contributed by atoms with Crippen molar-refractivity contribution in [2.45, 2.75) is 58.2 Å². The molecule has 2 atom stereocenters. The molecule has 1 rings (SSSR count). The maximum atomic E-state index is 12.5. The van der Waals surface area contributed by atoms with E-state index in [4.69, 9.17) is 0 Å². The molecule has 1 nitrogen and oxygen atoms in total. The van der Waals surface area contributed by atoms with Crippen LogP contribution in [0.3, 0.4) is 0 Å². The van der Waals surface area contributed by atoms with Crippen molar-refractivity contribution in [2.24, 2.45) is 5.92 Å². The minimum absolute atomic E-state index is 0.220. The number of aliphatic hydroxyl groups excluding tert-OH is 1. The highest BCUT2D eigenvalue weighted by Gasteiger charge is 2.30. The maximum absolute atomic E-state index is 12.5. The second-order valence-electron chi connectivity index (χ2n) is 5.28. The predicted molar refractivity (Wildman–Crippen MR) is 74.5 cm³/mol. The summed E-state index contributed by atoms with van der Waals surface area (Å²) in [6.45, 7) is 4.14. The molecule has 0 aliphatic carbocycles. The number of alkyl halides is 3. The molecule has 1 N–H and O–H groups in total. The molecule has 0 saturated heterocycles. The highest BCUT2D eigenvalue weighted by Crippen LogP contribution is 2.29. The van der Waals surface area contributed by atoms with Gasteiger partial charge in [-0.25, -0.2) is 0 Å².